The van der Waals surface area contributed by atoms with Gasteiger partial charge in [-0.3, -0.25) is 4.90 Å². The second-order valence-electron chi connectivity index (χ2n) is 5.48. The first-order chi connectivity index (χ1) is 7.52. The molecule has 4 nitrogen and oxygen atoms in total. The molecule has 1 amide bonds. The zero-order chi connectivity index (χ0) is 13.4. The molecule has 1 aliphatic heterocycles. The van der Waals surface area contributed by atoms with Gasteiger partial charge < -0.3 is 9.84 Å². The minimum atomic E-state index is -2.96. The van der Waals surface area contributed by atoms with E-state index < -0.39 is 42.7 Å². The fourth-order valence-electron chi connectivity index (χ4n) is 1.80. The highest BCUT2D eigenvalue weighted by atomic mass is 19.3. The number of hydrogen-bond acceptors (Lipinski definition) is 3. The maximum atomic E-state index is 13.2. The third kappa shape index (κ3) is 3.80. The number of carbonyl (C=O) groups is 1. The van der Waals surface area contributed by atoms with Crippen LogP contribution >= 0.6 is 0 Å². The SMILES string of the molecule is C[C@@H](O)[C@@H]1CC(F)(F)CN1C(=O)OC(C)(C)C. The molecule has 1 fully saturated rings. The van der Waals surface area contributed by atoms with Gasteiger partial charge in [-0.05, 0) is 27.7 Å². The quantitative estimate of drug-likeness (QED) is 0.775. The van der Waals surface area contributed by atoms with Crippen LogP contribution in [0.5, 0.6) is 0 Å². The van der Waals surface area contributed by atoms with Gasteiger partial charge in [-0.15, -0.1) is 0 Å². The van der Waals surface area contributed by atoms with Crippen molar-refractivity contribution in [2.24, 2.45) is 0 Å². The summed E-state index contributed by atoms with van der Waals surface area (Å²) in [6.07, 6.45) is -2.33. The molecule has 0 aromatic carbocycles. The highest BCUT2D eigenvalue weighted by Crippen LogP contribution is 2.34. The molecule has 2 atom stereocenters. The minimum Gasteiger partial charge on any atom is -0.444 e. The van der Waals surface area contributed by atoms with Gasteiger partial charge in [-0.2, -0.15) is 0 Å². The van der Waals surface area contributed by atoms with Crippen molar-refractivity contribution in [1.82, 2.24) is 4.90 Å². The molecular formula is C11H19F2NO3. The van der Waals surface area contributed by atoms with Crippen LogP contribution in [0.2, 0.25) is 0 Å². The van der Waals surface area contributed by atoms with Gasteiger partial charge in [-0.25, -0.2) is 13.6 Å². The van der Waals surface area contributed by atoms with Crippen molar-refractivity contribution in [3.63, 3.8) is 0 Å². The van der Waals surface area contributed by atoms with Gasteiger partial charge >= 0.3 is 6.09 Å². The summed E-state index contributed by atoms with van der Waals surface area (Å²) in [5.41, 5.74) is -0.738. The van der Waals surface area contributed by atoms with Crippen molar-refractivity contribution >= 4 is 6.09 Å². The lowest BCUT2D eigenvalue weighted by atomic mass is 10.1. The number of nitrogens with zero attached hydrogens (tertiary/aromatic N) is 1. The average Bonchev–Trinajstić information content (AvgIpc) is 2.38. The van der Waals surface area contributed by atoms with Gasteiger partial charge in [0.15, 0.2) is 0 Å². The van der Waals surface area contributed by atoms with Crippen LogP contribution in [-0.2, 0) is 4.74 Å². The molecule has 1 rings (SSSR count). The number of alkyl halides is 2. The maximum Gasteiger partial charge on any atom is 0.410 e. The van der Waals surface area contributed by atoms with E-state index in [0.29, 0.717) is 0 Å². The number of likely N-dealkylation sites (tertiary alicyclic amines) is 1. The normalized spacial score (nSPS) is 25.8. The van der Waals surface area contributed by atoms with Crippen LogP contribution in [0.1, 0.15) is 34.1 Å². The van der Waals surface area contributed by atoms with Gasteiger partial charge in [0.05, 0.1) is 18.7 Å². The predicted octanol–water partition coefficient (Wildman–Crippen LogP) is 2.01. The fourth-order valence-corrected chi connectivity index (χ4v) is 1.80. The molecule has 0 aromatic rings. The van der Waals surface area contributed by atoms with E-state index in [2.05, 4.69) is 0 Å². The van der Waals surface area contributed by atoms with E-state index in [1.54, 1.807) is 20.8 Å². The summed E-state index contributed by atoms with van der Waals surface area (Å²) < 4.78 is 31.5. The highest BCUT2D eigenvalue weighted by molar-refractivity contribution is 5.69. The van der Waals surface area contributed by atoms with Crippen LogP contribution < -0.4 is 0 Å². The number of carbonyl (C=O) groups excluding carboxylic acids is 1. The topological polar surface area (TPSA) is 49.8 Å². The number of halogens is 2. The predicted molar refractivity (Wildman–Crippen MR) is 58.0 cm³/mol. The third-order valence-electron chi connectivity index (χ3n) is 2.49. The first kappa shape index (κ1) is 14.2. The van der Waals surface area contributed by atoms with E-state index in [-0.39, 0.29) is 0 Å². The lowest BCUT2D eigenvalue weighted by molar-refractivity contribution is -0.00412. The molecule has 1 heterocycles. The second-order valence-corrected chi connectivity index (χ2v) is 5.48. The first-order valence-corrected chi connectivity index (χ1v) is 5.57. The van der Waals surface area contributed by atoms with Gasteiger partial charge in [-0.1, -0.05) is 0 Å². The fraction of sp³-hybridized carbons (Fsp3) is 0.909. The molecule has 1 aliphatic rings. The smallest absolute Gasteiger partial charge is 0.410 e. The van der Waals surface area contributed by atoms with Crippen molar-refractivity contribution in [3.8, 4) is 0 Å². The van der Waals surface area contributed by atoms with Crippen LogP contribution in [0, 0.1) is 0 Å². The Morgan fingerprint density at radius 2 is 2.06 bits per heavy atom. The lowest BCUT2D eigenvalue weighted by Gasteiger charge is -2.29. The van der Waals surface area contributed by atoms with E-state index >= 15 is 0 Å². The number of ether oxygens (including phenoxy) is 1. The molecule has 17 heavy (non-hydrogen) atoms. The van der Waals surface area contributed by atoms with Crippen LogP contribution in [-0.4, -0.2) is 46.3 Å². The standard InChI is InChI=1S/C11H19F2NO3/c1-7(15)8-5-11(12,13)6-14(8)9(16)17-10(2,3)4/h7-8,15H,5-6H2,1-4H3/t7-,8+/m1/s1. The Morgan fingerprint density at radius 3 is 2.47 bits per heavy atom. The molecule has 1 N–H and O–H groups in total. The maximum absolute atomic E-state index is 13.2. The van der Waals surface area contributed by atoms with E-state index in [4.69, 9.17) is 4.74 Å². The number of amides is 1. The first-order valence-electron chi connectivity index (χ1n) is 5.57. The monoisotopic (exact) mass is 251 g/mol. The Labute approximate surface area is 99.5 Å². The number of aliphatic hydroxyl groups is 1. The molecule has 0 aromatic heterocycles. The van der Waals surface area contributed by atoms with E-state index in [0.717, 1.165) is 4.90 Å². The van der Waals surface area contributed by atoms with Crippen molar-refractivity contribution < 1.29 is 23.4 Å². The number of hydrogen-bond donors (Lipinski definition) is 1. The Bertz CT molecular complexity index is 300. The number of rotatable bonds is 1. The molecule has 0 unspecified atom stereocenters. The Kier molecular flexibility index (Phi) is 3.66. The summed E-state index contributed by atoms with van der Waals surface area (Å²) in [5, 5.41) is 9.42. The average molecular weight is 251 g/mol. The lowest BCUT2D eigenvalue weighted by Crippen LogP contribution is -2.44. The summed E-state index contributed by atoms with van der Waals surface area (Å²) in [4.78, 5) is 12.6. The molecule has 0 spiro atoms. The third-order valence-corrected chi connectivity index (χ3v) is 2.49. The molecule has 0 aliphatic carbocycles. The van der Waals surface area contributed by atoms with Crippen LogP contribution in [0.3, 0.4) is 0 Å². The molecule has 1 saturated heterocycles. The molecule has 0 saturated carbocycles. The summed E-state index contributed by atoms with van der Waals surface area (Å²) in [5.74, 6) is -2.96. The summed E-state index contributed by atoms with van der Waals surface area (Å²) in [7, 11) is 0. The zero-order valence-corrected chi connectivity index (χ0v) is 10.5. The Balaban J connectivity index is 2.77. The largest absolute Gasteiger partial charge is 0.444 e. The molecule has 100 valence electrons. The van der Waals surface area contributed by atoms with Crippen molar-refractivity contribution in [2.75, 3.05) is 6.54 Å². The summed E-state index contributed by atoms with van der Waals surface area (Å²) in [6, 6.07) is -0.889. The summed E-state index contributed by atoms with van der Waals surface area (Å²) in [6.45, 7) is 5.68. The van der Waals surface area contributed by atoms with Gasteiger partial charge in [0.25, 0.3) is 5.92 Å². The van der Waals surface area contributed by atoms with E-state index in [9.17, 15) is 18.7 Å². The summed E-state index contributed by atoms with van der Waals surface area (Å²) >= 11 is 0. The molecule has 0 radical (unpaired) electrons. The van der Waals surface area contributed by atoms with Crippen molar-refractivity contribution in [2.45, 2.75) is 57.8 Å². The second kappa shape index (κ2) is 4.40. The highest BCUT2D eigenvalue weighted by Gasteiger charge is 2.49. The van der Waals surface area contributed by atoms with Crippen LogP contribution in [0.4, 0.5) is 13.6 Å². The Morgan fingerprint density at radius 1 is 1.53 bits per heavy atom. The van der Waals surface area contributed by atoms with Crippen LogP contribution in [0.15, 0.2) is 0 Å². The van der Waals surface area contributed by atoms with Gasteiger partial charge in [0.1, 0.15) is 5.60 Å². The van der Waals surface area contributed by atoms with Gasteiger partial charge in [0, 0.05) is 6.42 Å². The molecule has 6 heteroatoms. The van der Waals surface area contributed by atoms with Crippen LogP contribution in [0.25, 0.3) is 0 Å². The van der Waals surface area contributed by atoms with Crippen molar-refractivity contribution in [1.29, 1.82) is 0 Å². The van der Waals surface area contributed by atoms with Gasteiger partial charge in [0.2, 0.25) is 0 Å². The van der Waals surface area contributed by atoms with E-state index in [1.807, 2.05) is 0 Å². The van der Waals surface area contributed by atoms with Crippen molar-refractivity contribution in [3.05, 3.63) is 0 Å². The zero-order valence-electron chi connectivity index (χ0n) is 10.5. The molecular weight excluding hydrogens is 232 g/mol. The van der Waals surface area contributed by atoms with E-state index in [1.165, 1.54) is 6.92 Å². The minimum absolute atomic E-state index is 0.524. The molecule has 0 bridgehead atoms. The number of aliphatic hydroxyl groups excluding tert-OH is 1. The Hall–Kier alpha value is -0.910.